The van der Waals surface area contributed by atoms with Crippen molar-refractivity contribution in [2.75, 3.05) is 0 Å². The average Bonchev–Trinajstić information content (AvgIpc) is 3.17. The molecule has 1 saturated carbocycles. The summed E-state index contributed by atoms with van der Waals surface area (Å²) in [4.78, 5) is 18.0. The molecule has 9 heteroatoms. The van der Waals surface area contributed by atoms with Gasteiger partial charge in [0.05, 0.1) is 0 Å². The van der Waals surface area contributed by atoms with E-state index in [-0.39, 0.29) is 27.3 Å². The Balaban J connectivity index is 1.46. The summed E-state index contributed by atoms with van der Waals surface area (Å²) in [5, 5.41) is 4.48. The quantitative estimate of drug-likeness (QED) is 0.331. The molecule has 0 bridgehead atoms. The molecule has 5 nitrogen and oxygen atoms in total. The lowest BCUT2D eigenvalue weighted by atomic mass is 10.1. The van der Waals surface area contributed by atoms with Gasteiger partial charge in [-0.1, -0.05) is 76.4 Å². The average molecular weight is 537 g/mol. The van der Waals surface area contributed by atoms with Gasteiger partial charge in [0.2, 0.25) is 4.96 Å². The van der Waals surface area contributed by atoms with Gasteiger partial charge in [0, 0.05) is 22.0 Å². The highest BCUT2D eigenvalue weighted by Crippen LogP contribution is 2.64. The molecule has 0 saturated heterocycles. The minimum Gasteiger partial charge on any atom is -0.457 e. The number of thiazole rings is 1. The second kappa shape index (κ2) is 7.59. The van der Waals surface area contributed by atoms with Crippen LogP contribution in [0.25, 0.3) is 22.4 Å². The van der Waals surface area contributed by atoms with E-state index in [1.165, 1.54) is 15.9 Å². The van der Waals surface area contributed by atoms with Crippen molar-refractivity contribution in [3.63, 3.8) is 0 Å². The molecule has 0 N–H and O–H groups in total. The third-order valence-electron chi connectivity index (χ3n) is 5.72. The van der Waals surface area contributed by atoms with Gasteiger partial charge in [0.1, 0.15) is 20.5 Å². The molecule has 1 aromatic carbocycles. The van der Waals surface area contributed by atoms with E-state index in [1.54, 1.807) is 6.08 Å². The van der Waals surface area contributed by atoms with Crippen LogP contribution in [-0.2, 0) is 0 Å². The van der Waals surface area contributed by atoms with Gasteiger partial charge in [0.15, 0.2) is 5.82 Å². The first-order chi connectivity index (χ1) is 14.7. The standard InChI is InChI=1S/C22H16BrCl2N3O2S/c1-22(2)14(10-17(24)25)18(22)19-26-21-28(27-19)20(29)16(31-21)9-13-7-8-15(30-13)11-3-5-12(23)6-4-11/h3-10,14,18H,1-2H3/b16-9+/t14-,18+/m0/s1. The SMILES string of the molecule is CC1(C)[C@@H](C=C(Cl)Cl)[C@@H]1c1nc2s/c(=C/c3ccc(-c4ccc(Br)cc4)o3)c(=O)n2n1. The number of hydrogen-bond acceptors (Lipinski definition) is 5. The van der Waals surface area contributed by atoms with Crippen LogP contribution in [0.2, 0.25) is 0 Å². The smallest absolute Gasteiger partial charge is 0.291 e. The van der Waals surface area contributed by atoms with Crippen molar-refractivity contribution in [2.45, 2.75) is 19.8 Å². The fourth-order valence-corrected chi connectivity index (χ4v) is 5.36. The summed E-state index contributed by atoms with van der Waals surface area (Å²) in [6.45, 7) is 4.23. The molecule has 158 valence electrons. The van der Waals surface area contributed by atoms with E-state index in [9.17, 15) is 4.79 Å². The molecule has 1 aliphatic carbocycles. The molecule has 3 heterocycles. The van der Waals surface area contributed by atoms with Gasteiger partial charge in [-0.05, 0) is 41.7 Å². The molecule has 4 aromatic rings. The van der Waals surface area contributed by atoms with Crippen molar-refractivity contribution in [1.29, 1.82) is 0 Å². The number of nitrogens with zero attached hydrogens (tertiary/aromatic N) is 3. The van der Waals surface area contributed by atoms with Crippen LogP contribution in [-0.4, -0.2) is 14.6 Å². The normalized spacial score (nSPS) is 20.4. The van der Waals surface area contributed by atoms with E-state index in [1.807, 2.05) is 42.5 Å². The monoisotopic (exact) mass is 535 g/mol. The lowest BCUT2D eigenvalue weighted by Gasteiger charge is -1.97. The second-order valence-electron chi connectivity index (χ2n) is 8.07. The zero-order chi connectivity index (χ0) is 21.9. The Bertz CT molecular complexity index is 1430. The minimum absolute atomic E-state index is 0.0539. The highest BCUT2D eigenvalue weighted by molar-refractivity contribution is 9.10. The number of halogens is 3. The van der Waals surface area contributed by atoms with Crippen LogP contribution >= 0.6 is 50.5 Å². The lowest BCUT2D eigenvalue weighted by molar-refractivity contribution is 0.571. The first-order valence-electron chi connectivity index (χ1n) is 9.54. The molecule has 31 heavy (non-hydrogen) atoms. The minimum atomic E-state index is -0.207. The van der Waals surface area contributed by atoms with Crippen molar-refractivity contribution in [2.24, 2.45) is 11.3 Å². The maximum Gasteiger partial charge on any atom is 0.291 e. The van der Waals surface area contributed by atoms with Gasteiger partial charge in [-0.2, -0.15) is 4.52 Å². The molecule has 3 aromatic heterocycles. The van der Waals surface area contributed by atoms with Crippen LogP contribution < -0.4 is 10.1 Å². The topological polar surface area (TPSA) is 60.4 Å². The molecule has 5 rings (SSSR count). The van der Waals surface area contributed by atoms with Crippen molar-refractivity contribution < 1.29 is 4.42 Å². The van der Waals surface area contributed by atoms with E-state index < -0.39 is 0 Å². The highest BCUT2D eigenvalue weighted by atomic mass is 79.9. The molecule has 0 amide bonds. The number of rotatable bonds is 4. The Kier molecular flexibility index (Phi) is 5.13. The Labute approximate surface area is 200 Å². The van der Waals surface area contributed by atoms with Gasteiger partial charge in [-0.3, -0.25) is 4.79 Å². The highest BCUT2D eigenvalue weighted by Gasteiger charge is 2.59. The van der Waals surface area contributed by atoms with Gasteiger partial charge in [0.25, 0.3) is 5.56 Å². The summed E-state index contributed by atoms with van der Waals surface area (Å²) in [5.74, 6) is 2.21. The maximum atomic E-state index is 12.9. The number of aromatic nitrogens is 3. The fourth-order valence-electron chi connectivity index (χ4n) is 3.93. The summed E-state index contributed by atoms with van der Waals surface area (Å²) < 4.78 is 9.03. The Morgan fingerprint density at radius 2 is 1.97 bits per heavy atom. The van der Waals surface area contributed by atoms with Crippen LogP contribution in [0.5, 0.6) is 0 Å². The fraction of sp³-hybridized carbons (Fsp3) is 0.227. The molecule has 0 radical (unpaired) electrons. The maximum absolute atomic E-state index is 12.9. The number of benzene rings is 1. The van der Waals surface area contributed by atoms with Crippen LogP contribution in [0.15, 0.2) is 60.7 Å². The van der Waals surface area contributed by atoms with Crippen LogP contribution in [0.4, 0.5) is 0 Å². The van der Waals surface area contributed by atoms with Gasteiger partial charge >= 0.3 is 0 Å². The van der Waals surface area contributed by atoms with E-state index in [0.29, 0.717) is 21.1 Å². The Morgan fingerprint density at radius 3 is 2.65 bits per heavy atom. The van der Waals surface area contributed by atoms with E-state index in [2.05, 4.69) is 39.9 Å². The van der Waals surface area contributed by atoms with Crippen LogP contribution in [0.1, 0.15) is 31.4 Å². The largest absolute Gasteiger partial charge is 0.457 e. The molecule has 1 fully saturated rings. The summed E-state index contributed by atoms with van der Waals surface area (Å²) in [6, 6.07) is 11.6. The number of hydrogen-bond donors (Lipinski definition) is 0. The third-order valence-corrected chi connectivity index (χ3v) is 7.46. The van der Waals surface area contributed by atoms with Gasteiger partial charge in [-0.15, -0.1) is 5.10 Å². The predicted molar refractivity (Wildman–Crippen MR) is 128 cm³/mol. The van der Waals surface area contributed by atoms with Crippen LogP contribution in [0, 0.1) is 11.3 Å². The summed E-state index contributed by atoms with van der Waals surface area (Å²) in [7, 11) is 0. The number of allylic oxidation sites excluding steroid dienone is 1. The predicted octanol–water partition coefficient (Wildman–Crippen LogP) is 5.78. The van der Waals surface area contributed by atoms with Gasteiger partial charge < -0.3 is 4.42 Å². The first kappa shape index (κ1) is 20.9. The van der Waals surface area contributed by atoms with E-state index >= 15 is 0 Å². The van der Waals surface area contributed by atoms with Crippen LogP contribution in [0.3, 0.4) is 0 Å². The van der Waals surface area contributed by atoms with Crippen molar-refractivity contribution in [1.82, 2.24) is 14.6 Å². The van der Waals surface area contributed by atoms with Gasteiger partial charge in [-0.25, -0.2) is 4.98 Å². The van der Waals surface area contributed by atoms with Crippen molar-refractivity contribution in [3.8, 4) is 11.3 Å². The zero-order valence-electron chi connectivity index (χ0n) is 16.5. The Hall–Kier alpha value is -1.93. The zero-order valence-corrected chi connectivity index (χ0v) is 20.4. The summed E-state index contributed by atoms with van der Waals surface area (Å²) in [6.07, 6.45) is 3.55. The van der Waals surface area contributed by atoms with Crippen molar-refractivity contribution in [3.05, 3.63) is 77.9 Å². The van der Waals surface area contributed by atoms with Crippen molar-refractivity contribution >= 4 is 61.5 Å². The number of fused-ring (bicyclic) bond motifs is 1. The van der Waals surface area contributed by atoms with E-state index in [4.69, 9.17) is 27.6 Å². The third kappa shape index (κ3) is 3.78. The molecule has 2 atom stereocenters. The molecule has 0 aliphatic heterocycles. The summed E-state index contributed by atoms with van der Waals surface area (Å²) >= 11 is 16.4. The van der Waals surface area contributed by atoms with E-state index in [0.717, 1.165) is 15.8 Å². The molecular weight excluding hydrogens is 521 g/mol. The second-order valence-corrected chi connectivity index (χ2v) is 11.0. The Morgan fingerprint density at radius 1 is 1.23 bits per heavy atom. The first-order valence-corrected chi connectivity index (χ1v) is 11.9. The molecular formula is C22H16BrCl2N3O2S. The molecule has 1 aliphatic rings. The molecule has 0 unspecified atom stereocenters. The summed E-state index contributed by atoms with van der Waals surface area (Å²) in [5.41, 5.74) is 0.702. The number of furan rings is 1. The molecule has 0 spiro atoms. The lowest BCUT2D eigenvalue weighted by Crippen LogP contribution is -2.23.